The van der Waals surface area contributed by atoms with Gasteiger partial charge >= 0.3 is 0 Å². The molecule has 0 unspecified atom stereocenters. The molecule has 0 bridgehead atoms. The first kappa shape index (κ1) is 17.5. The first-order chi connectivity index (χ1) is 11.5. The van der Waals surface area contributed by atoms with Crippen LogP contribution in [-0.4, -0.2) is 23.9 Å². The molecule has 0 aliphatic heterocycles. The van der Waals surface area contributed by atoms with Crippen molar-refractivity contribution in [1.29, 1.82) is 0 Å². The molecule has 0 aromatic heterocycles. The van der Waals surface area contributed by atoms with E-state index in [0.29, 0.717) is 12.1 Å². The van der Waals surface area contributed by atoms with Crippen LogP contribution in [0.1, 0.15) is 29.8 Å². The third kappa shape index (κ3) is 4.32. The van der Waals surface area contributed by atoms with Crippen LogP contribution in [0.4, 0.5) is 11.4 Å². The molecule has 2 rings (SSSR count). The molecule has 0 heterocycles. The normalized spacial score (nSPS) is 10.2. The van der Waals surface area contributed by atoms with Gasteiger partial charge in [0.2, 0.25) is 0 Å². The van der Waals surface area contributed by atoms with Crippen molar-refractivity contribution in [1.82, 2.24) is 5.32 Å². The van der Waals surface area contributed by atoms with Crippen molar-refractivity contribution in [3.8, 4) is 0 Å². The molecule has 2 aromatic carbocycles. The Morgan fingerprint density at radius 1 is 1.04 bits per heavy atom. The number of carbonyl (C=O) groups is 1. The Hall–Kier alpha value is -2.89. The minimum Gasteiger partial charge on any atom is -0.372 e. The number of nitrogens with one attached hydrogen (secondary N) is 1. The zero-order valence-electron chi connectivity index (χ0n) is 13.9. The molecule has 0 aliphatic rings. The molecular formula is C18H21N3O3. The lowest BCUT2D eigenvalue weighted by molar-refractivity contribution is -0.384. The molecule has 24 heavy (non-hydrogen) atoms. The molecule has 2 aromatic rings. The van der Waals surface area contributed by atoms with Crippen LogP contribution < -0.4 is 10.2 Å². The van der Waals surface area contributed by atoms with E-state index in [9.17, 15) is 14.9 Å². The summed E-state index contributed by atoms with van der Waals surface area (Å²) in [5.74, 6) is -0.252. The van der Waals surface area contributed by atoms with Gasteiger partial charge in [-0.2, -0.15) is 0 Å². The Bertz CT molecular complexity index is 692. The van der Waals surface area contributed by atoms with Gasteiger partial charge in [0.15, 0.2) is 0 Å². The number of benzene rings is 2. The number of anilines is 1. The van der Waals surface area contributed by atoms with Gasteiger partial charge in [-0.25, -0.2) is 0 Å². The lowest BCUT2D eigenvalue weighted by Crippen LogP contribution is -2.23. The van der Waals surface area contributed by atoms with Crippen LogP contribution in [0.25, 0.3) is 0 Å². The van der Waals surface area contributed by atoms with E-state index in [-0.39, 0.29) is 11.6 Å². The van der Waals surface area contributed by atoms with Gasteiger partial charge in [-0.1, -0.05) is 12.1 Å². The molecule has 0 radical (unpaired) electrons. The van der Waals surface area contributed by atoms with Gasteiger partial charge in [0.05, 0.1) is 4.92 Å². The number of nitro benzene ring substituents is 1. The average Bonchev–Trinajstić information content (AvgIpc) is 2.62. The molecular weight excluding hydrogens is 306 g/mol. The van der Waals surface area contributed by atoms with E-state index in [4.69, 9.17) is 0 Å². The zero-order valence-corrected chi connectivity index (χ0v) is 13.9. The van der Waals surface area contributed by atoms with Gasteiger partial charge in [0.1, 0.15) is 0 Å². The zero-order chi connectivity index (χ0) is 17.5. The second-order valence-electron chi connectivity index (χ2n) is 5.33. The third-order valence-electron chi connectivity index (χ3n) is 3.86. The summed E-state index contributed by atoms with van der Waals surface area (Å²) >= 11 is 0. The van der Waals surface area contributed by atoms with Gasteiger partial charge in [0.25, 0.3) is 11.6 Å². The predicted molar refractivity (Wildman–Crippen MR) is 94.3 cm³/mol. The van der Waals surface area contributed by atoms with Crippen LogP contribution in [0.3, 0.4) is 0 Å². The summed E-state index contributed by atoms with van der Waals surface area (Å²) in [6.45, 7) is 6.54. The number of non-ortho nitro benzene ring substituents is 1. The van der Waals surface area contributed by atoms with Crippen molar-refractivity contribution in [3.05, 3.63) is 69.8 Å². The minimum atomic E-state index is -0.487. The first-order valence-electron chi connectivity index (χ1n) is 7.91. The molecule has 0 spiro atoms. The Kier molecular flexibility index (Phi) is 5.89. The van der Waals surface area contributed by atoms with E-state index in [1.807, 2.05) is 24.3 Å². The molecule has 0 saturated carbocycles. The maximum absolute atomic E-state index is 12.1. The summed E-state index contributed by atoms with van der Waals surface area (Å²) in [4.78, 5) is 24.5. The number of hydrogen-bond acceptors (Lipinski definition) is 4. The SMILES string of the molecule is CCN(CC)c1ccc(CNC(=O)c2ccc([N+](=O)[O-])cc2)cc1. The number of rotatable bonds is 7. The van der Waals surface area contributed by atoms with Crippen LogP contribution in [0.2, 0.25) is 0 Å². The first-order valence-corrected chi connectivity index (χ1v) is 7.91. The molecule has 1 N–H and O–H groups in total. The highest BCUT2D eigenvalue weighted by atomic mass is 16.6. The summed E-state index contributed by atoms with van der Waals surface area (Å²) in [6, 6.07) is 13.6. The molecule has 0 aliphatic carbocycles. The van der Waals surface area contributed by atoms with Crippen molar-refractivity contribution in [2.45, 2.75) is 20.4 Å². The molecule has 0 fully saturated rings. The number of hydrogen-bond donors (Lipinski definition) is 1. The average molecular weight is 327 g/mol. The van der Waals surface area contributed by atoms with Crippen molar-refractivity contribution in [2.24, 2.45) is 0 Å². The molecule has 6 heteroatoms. The third-order valence-corrected chi connectivity index (χ3v) is 3.86. The van der Waals surface area contributed by atoms with E-state index in [2.05, 4.69) is 24.1 Å². The van der Waals surface area contributed by atoms with Crippen molar-refractivity contribution >= 4 is 17.3 Å². The Morgan fingerprint density at radius 2 is 1.62 bits per heavy atom. The van der Waals surface area contributed by atoms with Crippen LogP contribution in [0.5, 0.6) is 0 Å². The standard InChI is InChI=1S/C18H21N3O3/c1-3-20(4-2)16-9-5-14(6-10-16)13-19-18(22)15-7-11-17(12-8-15)21(23)24/h5-12H,3-4,13H2,1-2H3,(H,19,22). The summed E-state index contributed by atoms with van der Waals surface area (Å²) in [6.07, 6.45) is 0. The van der Waals surface area contributed by atoms with E-state index in [1.54, 1.807) is 0 Å². The lowest BCUT2D eigenvalue weighted by Gasteiger charge is -2.21. The fourth-order valence-electron chi connectivity index (χ4n) is 2.43. The summed E-state index contributed by atoms with van der Waals surface area (Å²) < 4.78 is 0. The van der Waals surface area contributed by atoms with Crippen LogP contribution in [0.15, 0.2) is 48.5 Å². The number of nitrogens with zero attached hydrogens (tertiary/aromatic N) is 2. The summed E-state index contributed by atoms with van der Waals surface area (Å²) in [7, 11) is 0. The number of carbonyl (C=O) groups excluding carboxylic acids is 1. The Morgan fingerprint density at radius 3 is 2.12 bits per heavy atom. The quantitative estimate of drug-likeness (QED) is 0.625. The largest absolute Gasteiger partial charge is 0.372 e. The second kappa shape index (κ2) is 8.10. The van der Waals surface area contributed by atoms with E-state index in [1.165, 1.54) is 24.3 Å². The van der Waals surface area contributed by atoms with Gasteiger partial charge in [0, 0.05) is 43.0 Å². The highest BCUT2D eigenvalue weighted by molar-refractivity contribution is 5.94. The monoisotopic (exact) mass is 327 g/mol. The summed E-state index contributed by atoms with van der Waals surface area (Å²) in [5.41, 5.74) is 2.53. The predicted octanol–water partition coefficient (Wildman–Crippen LogP) is 3.37. The fraction of sp³-hybridized carbons (Fsp3) is 0.278. The highest BCUT2D eigenvalue weighted by Gasteiger charge is 2.09. The Balaban J connectivity index is 1.95. The number of amides is 1. The van der Waals surface area contributed by atoms with Crippen molar-refractivity contribution in [3.63, 3.8) is 0 Å². The second-order valence-corrected chi connectivity index (χ2v) is 5.33. The molecule has 126 valence electrons. The van der Waals surface area contributed by atoms with Crippen LogP contribution >= 0.6 is 0 Å². The molecule has 1 amide bonds. The van der Waals surface area contributed by atoms with Gasteiger partial charge < -0.3 is 10.2 Å². The Labute approximate surface area is 141 Å². The molecule has 0 atom stereocenters. The lowest BCUT2D eigenvalue weighted by atomic mass is 10.1. The van der Waals surface area contributed by atoms with E-state index in [0.717, 1.165) is 24.3 Å². The van der Waals surface area contributed by atoms with Crippen molar-refractivity contribution in [2.75, 3.05) is 18.0 Å². The molecule has 6 nitrogen and oxygen atoms in total. The highest BCUT2D eigenvalue weighted by Crippen LogP contribution is 2.15. The minimum absolute atomic E-state index is 0.0291. The van der Waals surface area contributed by atoms with Crippen LogP contribution in [0, 0.1) is 10.1 Å². The van der Waals surface area contributed by atoms with Crippen molar-refractivity contribution < 1.29 is 9.72 Å². The van der Waals surface area contributed by atoms with Gasteiger partial charge in [-0.05, 0) is 43.7 Å². The van der Waals surface area contributed by atoms with E-state index < -0.39 is 4.92 Å². The van der Waals surface area contributed by atoms with E-state index >= 15 is 0 Å². The van der Waals surface area contributed by atoms with Gasteiger partial charge in [-0.3, -0.25) is 14.9 Å². The summed E-state index contributed by atoms with van der Waals surface area (Å²) in [5, 5.41) is 13.4. The maximum atomic E-state index is 12.1. The van der Waals surface area contributed by atoms with Crippen LogP contribution in [-0.2, 0) is 6.54 Å². The fourth-order valence-corrected chi connectivity index (χ4v) is 2.43. The molecule has 0 saturated heterocycles. The number of nitro groups is 1. The topological polar surface area (TPSA) is 75.5 Å². The smallest absolute Gasteiger partial charge is 0.269 e. The van der Waals surface area contributed by atoms with Gasteiger partial charge in [-0.15, -0.1) is 0 Å². The maximum Gasteiger partial charge on any atom is 0.269 e.